The summed E-state index contributed by atoms with van der Waals surface area (Å²) in [6.45, 7) is 5.20. The predicted molar refractivity (Wildman–Crippen MR) is 83.8 cm³/mol. The molecule has 5 heteroatoms. The average molecular weight is 309 g/mol. The lowest BCUT2D eigenvalue weighted by atomic mass is 9.89. The van der Waals surface area contributed by atoms with E-state index in [-0.39, 0.29) is 11.9 Å². The molecule has 1 aromatic rings. The first-order chi connectivity index (χ1) is 10.1. The number of hydrogen-bond acceptors (Lipinski definition) is 4. The maximum Gasteiger partial charge on any atom is 0.348 e. The molecule has 0 aromatic carbocycles. The lowest BCUT2D eigenvalue weighted by Crippen LogP contribution is -2.46. The molecule has 0 bridgehead atoms. The van der Waals surface area contributed by atoms with Crippen molar-refractivity contribution in [1.82, 2.24) is 4.90 Å². The molecule has 0 N–H and O–H groups in total. The summed E-state index contributed by atoms with van der Waals surface area (Å²) >= 11 is 1.22. The first-order valence-electron chi connectivity index (χ1n) is 7.57. The molecule has 1 saturated heterocycles. The fourth-order valence-electron chi connectivity index (χ4n) is 2.88. The van der Waals surface area contributed by atoms with E-state index < -0.39 is 0 Å². The van der Waals surface area contributed by atoms with Gasteiger partial charge in [0.15, 0.2) is 0 Å². The highest BCUT2D eigenvalue weighted by molar-refractivity contribution is 7.15. The summed E-state index contributed by atoms with van der Waals surface area (Å²) in [5, 5.41) is 0. The predicted octanol–water partition coefficient (Wildman–Crippen LogP) is 3.58. The summed E-state index contributed by atoms with van der Waals surface area (Å²) < 4.78 is 4.70. The Labute approximate surface area is 130 Å². The summed E-state index contributed by atoms with van der Waals surface area (Å²) in [4.78, 5) is 27.4. The van der Waals surface area contributed by atoms with Gasteiger partial charge in [0, 0.05) is 12.6 Å². The van der Waals surface area contributed by atoms with E-state index in [4.69, 9.17) is 4.74 Å². The molecule has 21 heavy (non-hydrogen) atoms. The van der Waals surface area contributed by atoms with Gasteiger partial charge in [-0.15, -0.1) is 11.3 Å². The molecule has 0 aliphatic carbocycles. The Balaban J connectivity index is 2.17. The van der Waals surface area contributed by atoms with Crippen LogP contribution in [0, 0.1) is 5.92 Å². The van der Waals surface area contributed by atoms with Crippen LogP contribution in [0.4, 0.5) is 0 Å². The van der Waals surface area contributed by atoms with Gasteiger partial charge >= 0.3 is 5.97 Å². The number of carbonyl (C=O) groups is 2. The molecule has 0 unspecified atom stereocenters. The Hall–Kier alpha value is -1.36. The van der Waals surface area contributed by atoms with Crippen molar-refractivity contribution in [1.29, 1.82) is 0 Å². The van der Waals surface area contributed by atoms with Crippen molar-refractivity contribution in [2.75, 3.05) is 13.7 Å². The van der Waals surface area contributed by atoms with Crippen LogP contribution in [0.2, 0.25) is 0 Å². The molecule has 2 heterocycles. The summed E-state index contributed by atoms with van der Waals surface area (Å²) in [5.74, 6) is 0.186. The van der Waals surface area contributed by atoms with E-state index in [1.807, 2.05) is 4.90 Å². The second-order valence-corrected chi connectivity index (χ2v) is 6.69. The first kappa shape index (κ1) is 16.0. The van der Waals surface area contributed by atoms with E-state index in [1.165, 1.54) is 24.9 Å². The van der Waals surface area contributed by atoms with Crippen LogP contribution in [0.25, 0.3) is 0 Å². The zero-order chi connectivity index (χ0) is 15.4. The largest absolute Gasteiger partial charge is 0.465 e. The van der Waals surface area contributed by atoms with Gasteiger partial charge < -0.3 is 9.64 Å². The number of thiophene rings is 1. The molecular weight excluding hydrogens is 286 g/mol. The lowest BCUT2D eigenvalue weighted by Gasteiger charge is -2.39. The molecule has 1 aromatic heterocycles. The Morgan fingerprint density at radius 1 is 1.38 bits per heavy atom. The quantitative estimate of drug-likeness (QED) is 0.799. The fraction of sp³-hybridized carbons (Fsp3) is 0.625. The number of amides is 1. The van der Waals surface area contributed by atoms with E-state index in [0.717, 1.165) is 25.8 Å². The fourth-order valence-corrected chi connectivity index (χ4v) is 3.76. The normalized spacial score (nSPS) is 20.1. The number of rotatable bonds is 4. The lowest BCUT2D eigenvalue weighted by molar-refractivity contribution is 0.0530. The number of piperidine rings is 1. The molecule has 0 spiro atoms. The standard InChI is InChI=1S/C16H23NO3S/c1-4-11(2)12-7-5-6-10-17(12)15(18)13-8-9-14(21-13)16(19)20-3/h8-9,11-12H,4-7,10H2,1-3H3/t11-,12-/m1/s1. The molecule has 1 aliphatic heterocycles. The van der Waals surface area contributed by atoms with Crippen LogP contribution in [0.1, 0.15) is 58.9 Å². The third-order valence-corrected chi connectivity index (χ3v) is 5.37. The van der Waals surface area contributed by atoms with Gasteiger partial charge in [-0.05, 0) is 37.3 Å². The number of methoxy groups -OCH3 is 1. The van der Waals surface area contributed by atoms with Crippen LogP contribution in [-0.2, 0) is 4.74 Å². The minimum absolute atomic E-state index is 0.0557. The second kappa shape index (κ2) is 7.07. The van der Waals surface area contributed by atoms with Crippen LogP contribution in [0.5, 0.6) is 0 Å². The molecule has 2 atom stereocenters. The topological polar surface area (TPSA) is 46.6 Å². The zero-order valence-corrected chi connectivity index (χ0v) is 13.7. The van der Waals surface area contributed by atoms with E-state index in [0.29, 0.717) is 21.7 Å². The first-order valence-corrected chi connectivity index (χ1v) is 8.39. The van der Waals surface area contributed by atoms with Crippen LogP contribution in [0.3, 0.4) is 0 Å². The van der Waals surface area contributed by atoms with Gasteiger partial charge in [-0.25, -0.2) is 4.79 Å². The van der Waals surface area contributed by atoms with Gasteiger partial charge in [-0.2, -0.15) is 0 Å². The number of hydrogen-bond donors (Lipinski definition) is 0. The van der Waals surface area contributed by atoms with Gasteiger partial charge in [0.05, 0.1) is 12.0 Å². The van der Waals surface area contributed by atoms with Gasteiger partial charge in [-0.3, -0.25) is 4.79 Å². The van der Waals surface area contributed by atoms with Gasteiger partial charge in [0.25, 0.3) is 5.91 Å². The van der Waals surface area contributed by atoms with Crippen molar-refractivity contribution in [3.8, 4) is 0 Å². The third-order valence-electron chi connectivity index (χ3n) is 4.31. The maximum atomic E-state index is 12.7. The Bertz CT molecular complexity index is 511. The van der Waals surface area contributed by atoms with Crippen molar-refractivity contribution >= 4 is 23.2 Å². The Morgan fingerprint density at radius 3 is 2.76 bits per heavy atom. The summed E-state index contributed by atoms with van der Waals surface area (Å²) in [6, 6.07) is 3.73. The summed E-state index contributed by atoms with van der Waals surface area (Å²) in [5.41, 5.74) is 0. The molecule has 2 rings (SSSR count). The molecule has 1 aliphatic rings. The number of carbonyl (C=O) groups excluding carboxylic acids is 2. The minimum atomic E-state index is -0.379. The Kier molecular flexibility index (Phi) is 5.39. The molecular formula is C16H23NO3S. The third kappa shape index (κ3) is 3.46. The highest BCUT2D eigenvalue weighted by Crippen LogP contribution is 2.28. The van der Waals surface area contributed by atoms with Crippen molar-refractivity contribution in [2.24, 2.45) is 5.92 Å². The number of ether oxygens (including phenoxy) is 1. The molecule has 1 fully saturated rings. The van der Waals surface area contributed by atoms with Gasteiger partial charge in [-0.1, -0.05) is 20.3 Å². The molecule has 116 valence electrons. The number of nitrogens with zero attached hydrogens (tertiary/aromatic N) is 1. The van der Waals surface area contributed by atoms with E-state index in [9.17, 15) is 9.59 Å². The zero-order valence-electron chi connectivity index (χ0n) is 12.9. The van der Waals surface area contributed by atoms with E-state index >= 15 is 0 Å². The van der Waals surface area contributed by atoms with E-state index in [2.05, 4.69) is 13.8 Å². The molecule has 4 nitrogen and oxygen atoms in total. The second-order valence-electron chi connectivity index (χ2n) is 5.60. The van der Waals surface area contributed by atoms with Crippen molar-refractivity contribution in [3.63, 3.8) is 0 Å². The van der Waals surface area contributed by atoms with Gasteiger partial charge in [0.1, 0.15) is 4.88 Å². The SMILES string of the molecule is CC[C@@H](C)[C@H]1CCCCN1C(=O)c1ccc(C(=O)OC)s1. The molecule has 0 radical (unpaired) electrons. The van der Waals surface area contributed by atoms with Crippen molar-refractivity contribution in [2.45, 2.75) is 45.6 Å². The summed E-state index contributed by atoms with van der Waals surface area (Å²) in [6.07, 6.45) is 4.41. The average Bonchev–Trinajstić information content (AvgIpc) is 3.02. The highest BCUT2D eigenvalue weighted by Gasteiger charge is 2.31. The van der Waals surface area contributed by atoms with Crippen LogP contribution >= 0.6 is 11.3 Å². The van der Waals surface area contributed by atoms with Crippen LogP contribution in [0.15, 0.2) is 12.1 Å². The number of esters is 1. The minimum Gasteiger partial charge on any atom is -0.465 e. The summed E-state index contributed by atoms with van der Waals surface area (Å²) in [7, 11) is 1.35. The number of likely N-dealkylation sites (tertiary alicyclic amines) is 1. The van der Waals surface area contributed by atoms with Gasteiger partial charge in [0.2, 0.25) is 0 Å². The van der Waals surface area contributed by atoms with Crippen LogP contribution in [-0.4, -0.2) is 36.5 Å². The maximum absolute atomic E-state index is 12.7. The van der Waals surface area contributed by atoms with Crippen molar-refractivity contribution < 1.29 is 14.3 Å². The van der Waals surface area contributed by atoms with Crippen LogP contribution < -0.4 is 0 Å². The molecule has 0 saturated carbocycles. The van der Waals surface area contributed by atoms with Crippen molar-refractivity contribution in [3.05, 3.63) is 21.9 Å². The molecule has 1 amide bonds. The monoisotopic (exact) mass is 309 g/mol. The smallest absolute Gasteiger partial charge is 0.348 e. The van der Waals surface area contributed by atoms with E-state index in [1.54, 1.807) is 12.1 Å². The Morgan fingerprint density at radius 2 is 2.10 bits per heavy atom. The highest BCUT2D eigenvalue weighted by atomic mass is 32.1.